The highest BCUT2D eigenvalue weighted by Crippen LogP contribution is 2.27. The molecule has 0 saturated carbocycles. The number of halogens is 1. The molecule has 0 bridgehead atoms. The Morgan fingerprint density at radius 2 is 1.68 bits per heavy atom. The highest BCUT2D eigenvalue weighted by Gasteiger charge is 2.35. The predicted octanol–water partition coefficient (Wildman–Crippen LogP) is 4.70. The van der Waals surface area contributed by atoms with Crippen molar-refractivity contribution in [3.8, 4) is 5.75 Å². The summed E-state index contributed by atoms with van der Waals surface area (Å²) in [5.41, 5.74) is 2.89. The minimum Gasteiger partial charge on any atom is -0.489 e. The molecule has 5 nitrogen and oxygen atoms in total. The van der Waals surface area contributed by atoms with Crippen molar-refractivity contribution in [2.45, 2.75) is 19.6 Å². The second-order valence-corrected chi connectivity index (χ2v) is 8.43. The molecule has 1 N–H and O–H groups in total. The Labute approximate surface area is 190 Å². The van der Waals surface area contributed by atoms with E-state index in [1.54, 1.807) is 4.90 Å². The second-order valence-electron chi connectivity index (χ2n) is 7.52. The number of anilines is 1. The molecule has 31 heavy (non-hydrogen) atoms. The van der Waals surface area contributed by atoms with Gasteiger partial charge in [-0.2, -0.15) is 0 Å². The normalized spacial score (nSPS) is 15.7. The summed E-state index contributed by atoms with van der Waals surface area (Å²) in [6.45, 7) is 1.33. The van der Waals surface area contributed by atoms with Crippen LogP contribution in [-0.4, -0.2) is 18.4 Å². The van der Waals surface area contributed by atoms with Gasteiger partial charge < -0.3 is 15.0 Å². The first-order chi connectivity index (χ1) is 15.1. The van der Waals surface area contributed by atoms with E-state index in [1.165, 1.54) is 0 Å². The number of amides is 2. The van der Waals surface area contributed by atoms with E-state index in [1.807, 2.05) is 78.9 Å². The van der Waals surface area contributed by atoms with Crippen LogP contribution in [0.4, 0.5) is 5.69 Å². The number of carbonyl (C=O) groups is 2. The van der Waals surface area contributed by atoms with Crippen molar-refractivity contribution < 1.29 is 14.3 Å². The van der Waals surface area contributed by atoms with E-state index in [0.29, 0.717) is 19.7 Å². The molecule has 1 aliphatic rings. The second kappa shape index (κ2) is 9.79. The molecule has 0 aliphatic carbocycles. The van der Waals surface area contributed by atoms with E-state index in [4.69, 9.17) is 4.74 Å². The number of rotatable bonds is 7. The van der Waals surface area contributed by atoms with Crippen LogP contribution in [0.1, 0.15) is 17.5 Å². The number of hydrogen-bond acceptors (Lipinski definition) is 3. The fourth-order valence-electron chi connectivity index (χ4n) is 3.53. The summed E-state index contributed by atoms with van der Waals surface area (Å²) >= 11 is 3.42. The molecule has 0 spiro atoms. The van der Waals surface area contributed by atoms with E-state index in [-0.39, 0.29) is 24.2 Å². The van der Waals surface area contributed by atoms with Gasteiger partial charge in [-0.25, -0.2) is 0 Å². The maximum Gasteiger partial charge on any atom is 0.227 e. The van der Waals surface area contributed by atoms with Crippen LogP contribution < -0.4 is 15.0 Å². The topological polar surface area (TPSA) is 58.6 Å². The Balaban J connectivity index is 1.31. The third-order valence-corrected chi connectivity index (χ3v) is 5.80. The number of benzene rings is 3. The van der Waals surface area contributed by atoms with Gasteiger partial charge in [0.05, 0.1) is 5.92 Å². The van der Waals surface area contributed by atoms with Gasteiger partial charge in [-0.15, -0.1) is 0 Å². The maximum atomic E-state index is 12.5. The summed E-state index contributed by atoms with van der Waals surface area (Å²) in [5, 5.41) is 2.94. The van der Waals surface area contributed by atoms with Gasteiger partial charge in [0, 0.05) is 29.7 Å². The minimum atomic E-state index is -0.343. The zero-order valence-electron chi connectivity index (χ0n) is 17.0. The summed E-state index contributed by atoms with van der Waals surface area (Å²) < 4.78 is 6.86. The van der Waals surface area contributed by atoms with Gasteiger partial charge in [0.2, 0.25) is 11.8 Å². The van der Waals surface area contributed by atoms with Crippen LogP contribution >= 0.6 is 15.9 Å². The average Bonchev–Trinajstić information content (AvgIpc) is 3.20. The number of ether oxygens (including phenoxy) is 1. The molecule has 0 radical (unpaired) electrons. The first-order valence-electron chi connectivity index (χ1n) is 10.2. The highest BCUT2D eigenvalue weighted by atomic mass is 79.9. The van der Waals surface area contributed by atoms with Gasteiger partial charge >= 0.3 is 0 Å². The SMILES string of the molecule is O=C(NCc1ccccc1)C1CC(=O)N(c2ccc(OCc3ccc(Br)cc3)cc2)C1. The molecule has 2 amide bonds. The first-order valence-corrected chi connectivity index (χ1v) is 11.0. The van der Waals surface area contributed by atoms with E-state index in [0.717, 1.165) is 27.0 Å². The standard InChI is InChI=1S/C25H23BrN2O3/c26-21-8-6-19(7-9-21)17-31-23-12-10-22(11-13-23)28-16-20(14-24(28)29)25(30)27-15-18-4-2-1-3-5-18/h1-13,20H,14-17H2,(H,27,30). The van der Waals surface area contributed by atoms with E-state index in [2.05, 4.69) is 21.2 Å². The van der Waals surface area contributed by atoms with Crippen LogP contribution in [0.2, 0.25) is 0 Å². The van der Waals surface area contributed by atoms with Gasteiger partial charge in [-0.05, 0) is 47.5 Å². The molecular weight excluding hydrogens is 456 g/mol. The minimum absolute atomic E-state index is 0.0385. The monoisotopic (exact) mass is 478 g/mol. The molecule has 1 fully saturated rings. The van der Waals surface area contributed by atoms with Crippen LogP contribution in [0.5, 0.6) is 5.75 Å². The van der Waals surface area contributed by atoms with Crippen LogP contribution in [-0.2, 0) is 22.7 Å². The van der Waals surface area contributed by atoms with Gasteiger partial charge in [0.1, 0.15) is 12.4 Å². The lowest BCUT2D eigenvalue weighted by atomic mass is 10.1. The van der Waals surface area contributed by atoms with E-state index in [9.17, 15) is 9.59 Å². The average molecular weight is 479 g/mol. The van der Waals surface area contributed by atoms with Crippen LogP contribution in [0.15, 0.2) is 83.3 Å². The molecular formula is C25H23BrN2O3. The van der Waals surface area contributed by atoms with Crippen molar-refractivity contribution in [3.63, 3.8) is 0 Å². The largest absolute Gasteiger partial charge is 0.489 e. The van der Waals surface area contributed by atoms with Gasteiger partial charge in [-0.3, -0.25) is 9.59 Å². The molecule has 3 aromatic rings. The molecule has 0 aromatic heterocycles. The van der Waals surface area contributed by atoms with Crippen molar-refractivity contribution in [2.24, 2.45) is 5.92 Å². The number of carbonyl (C=O) groups excluding carboxylic acids is 2. The van der Waals surface area contributed by atoms with Crippen molar-refractivity contribution in [2.75, 3.05) is 11.4 Å². The summed E-state index contributed by atoms with van der Waals surface area (Å²) in [7, 11) is 0. The third-order valence-electron chi connectivity index (χ3n) is 5.27. The smallest absolute Gasteiger partial charge is 0.227 e. The lowest BCUT2D eigenvalue weighted by Gasteiger charge is -2.17. The van der Waals surface area contributed by atoms with Crippen molar-refractivity contribution >= 4 is 33.4 Å². The van der Waals surface area contributed by atoms with E-state index < -0.39 is 0 Å². The summed E-state index contributed by atoms with van der Waals surface area (Å²) in [6, 6.07) is 25.1. The molecule has 4 rings (SSSR count). The summed E-state index contributed by atoms with van der Waals surface area (Å²) in [5.74, 6) is 0.262. The third kappa shape index (κ3) is 5.52. The van der Waals surface area contributed by atoms with E-state index >= 15 is 0 Å². The molecule has 6 heteroatoms. The fraction of sp³-hybridized carbons (Fsp3) is 0.200. The molecule has 1 saturated heterocycles. The molecule has 3 aromatic carbocycles. The zero-order chi connectivity index (χ0) is 21.6. The molecule has 1 heterocycles. The van der Waals surface area contributed by atoms with Gasteiger partial charge in [0.15, 0.2) is 0 Å². The van der Waals surface area contributed by atoms with Crippen molar-refractivity contribution in [1.82, 2.24) is 5.32 Å². The van der Waals surface area contributed by atoms with Crippen molar-refractivity contribution in [1.29, 1.82) is 0 Å². The molecule has 158 valence electrons. The summed E-state index contributed by atoms with van der Waals surface area (Å²) in [6.07, 6.45) is 0.225. The predicted molar refractivity (Wildman–Crippen MR) is 124 cm³/mol. The summed E-state index contributed by atoms with van der Waals surface area (Å²) in [4.78, 5) is 26.7. The zero-order valence-corrected chi connectivity index (χ0v) is 18.5. The Kier molecular flexibility index (Phi) is 6.67. The van der Waals surface area contributed by atoms with Crippen LogP contribution in [0, 0.1) is 5.92 Å². The number of hydrogen-bond donors (Lipinski definition) is 1. The van der Waals surface area contributed by atoms with Gasteiger partial charge in [-0.1, -0.05) is 58.4 Å². The van der Waals surface area contributed by atoms with Crippen molar-refractivity contribution in [3.05, 3.63) is 94.5 Å². The lowest BCUT2D eigenvalue weighted by molar-refractivity contribution is -0.126. The first kappa shape index (κ1) is 21.1. The van der Waals surface area contributed by atoms with Crippen LogP contribution in [0.25, 0.3) is 0 Å². The lowest BCUT2D eigenvalue weighted by Crippen LogP contribution is -2.32. The Bertz CT molecular complexity index is 1040. The Morgan fingerprint density at radius 3 is 2.39 bits per heavy atom. The Morgan fingerprint density at radius 1 is 0.968 bits per heavy atom. The molecule has 1 atom stereocenters. The fourth-order valence-corrected chi connectivity index (χ4v) is 3.80. The van der Waals surface area contributed by atoms with Crippen LogP contribution in [0.3, 0.4) is 0 Å². The maximum absolute atomic E-state index is 12.5. The number of nitrogens with one attached hydrogen (secondary N) is 1. The molecule has 1 aliphatic heterocycles. The van der Waals surface area contributed by atoms with Gasteiger partial charge in [0.25, 0.3) is 0 Å². The number of nitrogens with zero attached hydrogens (tertiary/aromatic N) is 1. The highest BCUT2D eigenvalue weighted by molar-refractivity contribution is 9.10. The quantitative estimate of drug-likeness (QED) is 0.535. The Hall–Kier alpha value is -3.12. The molecule has 1 unspecified atom stereocenters.